The fourth-order valence-electron chi connectivity index (χ4n) is 2.17. The van der Waals surface area contributed by atoms with E-state index in [9.17, 15) is 9.50 Å². The molecular formula is C14H15Cl2FN2O. The first-order chi connectivity index (χ1) is 9.37. The summed E-state index contributed by atoms with van der Waals surface area (Å²) in [6.45, 7) is 4.27. The molecule has 0 radical (unpaired) electrons. The molecule has 2 aromatic rings. The van der Waals surface area contributed by atoms with Gasteiger partial charge in [0.1, 0.15) is 17.2 Å². The summed E-state index contributed by atoms with van der Waals surface area (Å²) in [7, 11) is 0. The van der Waals surface area contributed by atoms with Crippen LogP contribution in [0.3, 0.4) is 0 Å². The van der Waals surface area contributed by atoms with Crippen LogP contribution in [-0.2, 0) is 12.1 Å². The zero-order valence-electron chi connectivity index (χ0n) is 11.2. The van der Waals surface area contributed by atoms with Gasteiger partial charge in [-0.05, 0) is 25.5 Å². The van der Waals surface area contributed by atoms with Crippen LogP contribution in [0.1, 0.15) is 31.7 Å². The molecule has 1 aromatic heterocycles. The molecular weight excluding hydrogens is 302 g/mol. The molecule has 1 atom stereocenters. The van der Waals surface area contributed by atoms with Crippen molar-refractivity contribution in [2.24, 2.45) is 0 Å². The van der Waals surface area contributed by atoms with Crippen molar-refractivity contribution in [2.75, 3.05) is 0 Å². The maximum atomic E-state index is 13.7. The summed E-state index contributed by atoms with van der Waals surface area (Å²) in [6, 6.07) is 2.44. The lowest BCUT2D eigenvalue weighted by atomic mass is 9.94. The Morgan fingerprint density at radius 1 is 1.35 bits per heavy atom. The van der Waals surface area contributed by atoms with Gasteiger partial charge in [0, 0.05) is 29.5 Å². The molecule has 1 aromatic carbocycles. The number of aromatic nitrogens is 2. The third kappa shape index (κ3) is 2.68. The Hall–Kier alpha value is -1.10. The highest BCUT2D eigenvalue weighted by Crippen LogP contribution is 2.35. The smallest absolute Gasteiger partial charge is 0.146 e. The normalized spacial score (nSPS) is 14.3. The van der Waals surface area contributed by atoms with Gasteiger partial charge in [-0.1, -0.05) is 30.1 Å². The molecule has 108 valence electrons. The van der Waals surface area contributed by atoms with E-state index in [1.165, 1.54) is 13.0 Å². The Morgan fingerprint density at radius 3 is 2.70 bits per heavy atom. The van der Waals surface area contributed by atoms with Crippen molar-refractivity contribution < 1.29 is 9.50 Å². The van der Waals surface area contributed by atoms with Gasteiger partial charge in [-0.15, -0.1) is 0 Å². The molecule has 0 aliphatic rings. The lowest BCUT2D eigenvalue weighted by Crippen LogP contribution is -2.28. The fraction of sp³-hybridized carbons (Fsp3) is 0.357. The van der Waals surface area contributed by atoms with Crippen LogP contribution in [0.25, 0.3) is 0 Å². The number of benzene rings is 1. The van der Waals surface area contributed by atoms with E-state index in [2.05, 4.69) is 4.98 Å². The Bertz CT molecular complexity index is 626. The summed E-state index contributed by atoms with van der Waals surface area (Å²) in [5.41, 5.74) is -1.26. The zero-order chi connectivity index (χ0) is 14.9. The summed E-state index contributed by atoms with van der Waals surface area (Å²) in [5.74, 6) is -0.206. The fourth-order valence-corrected chi connectivity index (χ4v) is 2.74. The molecule has 1 N–H and O–H groups in total. The molecule has 2 rings (SSSR count). The van der Waals surface area contributed by atoms with Gasteiger partial charge in [-0.2, -0.15) is 0 Å². The van der Waals surface area contributed by atoms with E-state index in [1.54, 1.807) is 12.4 Å². The number of aliphatic hydroxyl groups is 1. The minimum absolute atomic E-state index is 0.0774. The molecule has 0 saturated heterocycles. The lowest BCUT2D eigenvalue weighted by Gasteiger charge is -2.25. The average molecular weight is 317 g/mol. The second-order valence-corrected chi connectivity index (χ2v) is 5.58. The number of imidazole rings is 1. The van der Waals surface area contributed by atoms with E-state index >= 15 is 0 Å². The van der Waals surface area contributed by atoms with E-state index in [1.807, 2.05) is 11.5 Å². The summed E-state index contributed by atoms with van der Waals surface area (Å²) in [4.78, 5) is 4.17. The monoisotopic (exact) mass is 316 g/mol. The number of halogens is 3. The van der Waals surface area contributed by atoms with Crippen LogP contribution < -0.4 is 0 Å². The second-order valence-electron chi connectivity index (χ2n) is 4.76. The van der Waals surface area contributed by atoms with Crippen molar-refractivity contribution >= 4 is 23.2 Å². The number of hydrogen-bond donors (Lipinski definition) is 1. The Morgan fingerprint density at radius 2 is 2.05 bits per heavy atom. The first-order valence-corrected chi connectivity index (χ1v) is 7.02. The van der Waals surface area contributed by atoms with Gasteiger partial charge in [0.2, 0.25) is 0 Å². The molecule has 20 heavy (non-hydrogen) atoms. The topological polar surface area (TPSA) is 38.0 Å². The third-order valence-electron chi connectivity index (χ3n) is 3.15. The van der Waals surface area contributed by atoms with Gasteiger partial charge in [-0.3, -0.25) is 0 Å². The summed E-state index contributed by atoms with van der Waals surface area (Å²) in [5, 5.41) is 10.9. The summed E-state index contributed by atoms with van der Waals surface area (Å²) < 4.78 is 15.5. The van der Waals surface area contributed by atoms with Gasteiger partial charge in [-0.25, -0.2) is 9.37 Å². The van der Waals surface area contributed by atoms with Crippen LogP contribution in [0.5, 0.6) is 0 Å². The maximum absolute atomic E-state index is 13.7. The first-order valence-electron chi connectivity index (χ1n) is 6.27. The SMILES string of the molecule is CCCn1ccnc1C(C)(O)c1cc(F)c(Cl)cc1Cl. The molecule has 0 fully saturated rings. The van der Waals surface area contributed by atoms with Crippen molar-refractivity contribution in [1.29, 1.82) is 0 Å². The molecule has 0 amide bonds. The average Bonchev–Trinajstić information content (AvgIpc) is 2.83. The quantitative estimate of drug-likeness (QED) is 0.866. The minimum atomic E-state index is -1.50. The van der Waals surface area contributed by atoms with Crippen LogP contribution in [0.2, 0.25) is 10.0 Å². The third-order valence-corrected chi connectivity index (χ3v) is 3.75. The van der Waals surface area contributed by atoms with Gasteiger partial charge in [0.05, 0.1) is 5.02 Å². The molecule has 6 heteroatoms. The molecule has 0 spiro atoms. The van der Waals surface area contributed by atoms with Crippen molar-refractivity contribution in [2.45, 2.75) is 32.4 Å². The van der Waals surface area contributed by atoms with Crippen LogP contribution in [0.15, 0.2) is 24.5 Å². The summed E-state index contributed by atoms with van der Waals surface area (Å²) >= 11 is 11.8. The zero-order valence-corrected chi connectivity index (χ0v) is 12.7. The molecule has 0 aliphatic heterocycles. The molecule has 0 bridgehead atoms. The van der Waals surface area contributed by atoms with Crippen molar-refractivity contribution in [3.8, 4) is 0 Å². The molecule has 1 unspecified atom stereocenters. The Balaban J connectivity index is 2.54. The second kappa shape index (κ2) is 5.72. The van der Waals surface area contributed by atoms with E-state index < -0.39 is 11.4 Å². The maximum Gasteiger partial charge on any atom is 0.146 e. The minimum Gasteiger partial charge on any atom is -0.377 e. The number of hydrogen-bond acceptors (Lipinski definition) is 2. The van der Waals surface area contributed by atoms with Crippen molar-refractivity contribution in [1.82, 2.24) is 9.55 Å². The predicted molar refractivity (Wildman–Crippen MR) is 77.6 cm³/mol. The van der Waals surface area contributed by atoms with Crippen LogP contribution >= 0.6 is 23.2 Å². The predicted octanol–water partition coefficient (Wildman–Crippen LogP) is 3.99. The van der Waals surface area contributed by atoms with E-state index in [0.29, 0.717) is 12.4 Å². The number of nitrogens with zero attached hydrogens (tertiary/aromatic N) is 2. The molecule has 3 nitrogen and oxygen atoms in total. The van der Waals surface area contributed by atoms with Crippen LogP contribution in [0, 0.1) is 5.82 Å². The molecule has 0 saturated carbocycles. The highest BCUT2D eigenvalue weighted by Gasteiger charge is 2.33. The highest BCUT2D eigenvalue weighted by atomic mass is 35.5. The van der Waals surface area contributed by atoms with Gasteiger partial charge < -0.3 is 9.67 Å². The molecule has 0 aliphatic carbocycles. The van der Waals surface area contributed by atoms with E-state index in [4.69, 9.17) is 23.2 Å². The van der Waals surface area contributed by atoms with E-state index in [-0.39, 0.29) is 15.6 Å². The summed E-state index contributed by atoms with van der Waals surface area (Å²) in [6.07, 6.45) is 4.26. The van der Waals surface area contributed by atoms with Gasteiger partial charge in [0.25, 0.3) is 0 Å². The Kier molecular flexibility index (Phi) is 4.37. The Labute approximate surface area is 127 Å². The largest absolute Gasteiger partial charge is 0.377 e. The van der Waals surface area contributed by atoms with Gasteiger partial charge >= 0.3 is 0 Å². The van der Waals surface area contributed by atoms with Crippen molar-refractivity contribution in [3.63, 3.8) is 0 Å². The van der Waals surface area contributed by atoms with Crippen LogP contribution in [0.4, 0.5) is 4.39 Å². The standard InChI is InChI=1S/C14H15Cl2FN2O/c1-3-5-19-6-4-18-13(19)14(2,20)9-7-12(17)11(16)8-10(9)15/h4,6-8,20H,3,5H2,1-2H3. The highest BCUT2D eigenvalue weighted by molar-refractivity contribution is 6.35. The van der Waals surface area contributed by atoms with Crippen LogP contribution in [-0.4, -0.2) is 14.7 Å². The number of rotatable bonds is 4. The van der Waals surface area contributed by atoms with Gasteiger partial charge in [0.15, 0.2) is 0 Å². The van der Waals surface area contributed by atoms with E-state index in [0.717, 1.165) is 12.5 Å². The molecule has 1 heterocycles. The lowest BCUT2D eigenvalue weighted by molar-refractivity contribution is 0.0876. The van der Waals surface area contributed by atoms with Crippen molar-refractivity contribution in [3.05, 3.63) is 51.8 Å². The number of aryl methyl sites for hydroxylation is 1. The first kappa shape index (κ1) is 15.3.